The average molecular weight is 200 g/mol. The number of hydrogen-bond acceptors (Lipinski definition) is 3. The standard InChI is InChI=1S/C9H16N2O3/c1-10-8(12)6-11-3-2-7(5-11)4-9(13)14/h7H,2-6H2,1H3,(H,10,12)(H,13,14). The molecule has 1 unspecified atom stereocenters. The lowest BCUT2D eigenvalue weighted by atomic mass is 10.1. The van der Waals surface area contributed by atoms with Crippen molar-refractivity contribution in [1.29, 1.82) is 0 Å². The fourth-order valence-electron chi connectivity index (χ4n) is 1.75. The monoisotopic (exact) mass is 200 g/mol. The number of carboxylic acid groups (broad SMARTS) is 1. The minimum atomic E-state index is -0.753. The molecule has 0 spiro atoms. The summed E-state index contributed by atoms with van der Waals surface area (Å²) < 4.78 is 0. The molecule has 0 radical (unpaired) electrons. The number of likely N-dealkylation sites (N-methyl/N-ethyl adjacent to an activating group) is 1. The number of likely N-dealkylation sites (tertiary alicyclic amines) is 1. The molecule has 80 valence electrons. The molecule has 5 heteroatoms. The fourth-order valence-corrected chi connectivity index (χ4v) is 1.75. The molecule has 1 atom stereocenters. The summed E-state index contributed by atoms with van der Waals surface area (Å²) in [7, 11) is 1.60. The van der Waals surface area contributed by atoms with Gasteiger partial charge in [0.05, 0.1) is 6.54 Å². The molecule has 1 heterocycles. The summed E-state index contributed by atoms with van der Waals surface area (Å²) in [5.41, 5.74) is 0. The molecule has 14 heavy (non-hydrogen) atoms. The molecular formula is C9H16N2O3. The van der Waals surface area contributed by atoms with Crippen molar-refractivity contribution in [3.63, 3.8) is 0 Å². The summed E-state index contributed by atoms with van der Waals surface area (Å²) >= 11 is 0. The predicted molar refractivity (Wildman–Crippen MR) is 50.9 cm³/mol. The maximum Gasteiger partial charge on any atom is 0.303 e. The molecule has 1 aliphatic rings. The zero-order chi connectivity index (χ0) is 10.6. The number of hydrogen-bond donors (Lipinski definition) is 2. The summed E-state index contributed by atoms with van der Waals surface area (Å²) in [6.07, 6.45) is 1.09. The summed E-state index contributed by atoms with van der Waals surface area (Å²) in [6.45, 7) is 1.93. The van der Waals surface area contributed by atoms with Crippen LogP contribution in [0.1, 0.15) is 12.8 Å². The van der Waals surface area contributed by atoms with Crippen LogP contribution in [0.3, 0.4) is 0 Å². The SMILES string of the molecule is CNC(=O)CN1CCC(CC(=O)O)C1. The Kier molecular flexibility index (Phi) is 3.88. The van der Waals surface area contributed by atoms with Gasteiger partial charge in [-0.15, -0.1) is 0 Å². The lowest BCUT2D eigenvalue weighted by Gasteiger charge is -2.13. The van der Waals surface area contributed by atoms with Gasteiger partial charge in [-0.2, -0.15) is 0 Å². The number of amides is 1. The van der Waals surface area contributed by atoms with Gasteiger partial charge in [0, 0.05) is 20.0 Å². The number of carbonyl (C=O) groups excluding carboxylic acids is 1. The van der Waals surface area contributed by atoms with Crippen LogP contribution in [0.4, 0.5) is 0 Å². The second kappa shape index (κ2) is 4.95. The van der Waals surface area contributed by atoms with Gasteiger partial charge in [-0.05, 0) is 18.9 Å². The smallest absolute Gasteiger partial charge is 0.303 e. The van der Waals surface area contributed by atoms with Crippen LogP contribution in [-0.4, -0.2) is 48.6 Å². The van der Waals surface area contributed by atoms with Gasteiger partial charge in [-0.25, -0.2) is 0 Å². The molecule has 2 N–H and O–H groups in total. The van der Waals surface area contributed by atoms with E-state index in [2.05, 4.69) is 5.32 Å². The highest BCUT2D eigenvalue weighted by atomic mass is 16.4. The van der Waals surface area contributed by atoms with Gasteiger partial charge in [0.2, 0.25) is 5.91 Å². The zero-order valence-electron chi connectivity index (χ0n) is 8.32. The summed E-state index contributed by atoms with van der Waals surface area (Å²) in [6, 6.07) is 0. The summed E-state index contributed by atoms with van der Waals surface area (Å²) in [5, 5.41) is 11.1. The Hall–Kier alpha value is -1.10. The molecule has 1 rings (SSSR count). The molecule has 1 saturated heterocycles. The Morgan fingerprint density at radius 2 is 2.29 bits per heavy atom. The van der Waals surface area contributed by atoms with Gasteiger partial charge in [0.1, 0.15) is 0 Å². The Labute approximate surface area is 83.1 Å². The molecule has 0 aromatic rings. The minimum Gasteiger partial charge on any atom is -0.481 e. The highest BCUT2D eigenvalue weighted by molar-refractivity contribution is 5.77. The molecule has 0 aromatic carbocycles. The molecule has 0 saturated carbocycles. The van der Waals surface area contributed by atoms with Crippen LogP contribution in [0.5, 0.6) is 0 Å². The highest BCUT2D eigenvalue weighted by Gasteiger charge is 2.25. The van der Waals surface area contributed by atoms with Crippen LogP contribution >= 0.6 is 0 Å². The van der Waals surface area contributed by atoms with Crippen molar-refractivity contribution < 1.29 is 14.7 Å². The predicted octanol–water partition coefficient (Wildman–Crippen LogP) is -0.471. The first-order valence-electron chi connectivity index (χ1n) is 4.76. The van der Waals surface area contributed by atoms with Crippen LogP contribution in [0.2, 0.25) is 0 Å². The minimum absolute atomic E-state index is 0.0130. The van der Waals surface area contributed by atoms with Crippen LogP contribution in [0, 0.1) is 5.92 Å². The van der Waals surface area contributed by atoms with E-state index >= 15 is 0 Å². The quantitative estimate of drug-likeness (QED) is 0.643. The van der Waals surface area contributed by atoms with Crippen molar-refractivity contribution in [2.45, 2.75) is 12.8 Å². The van der Waals surface area contributed by atoms with E-state index in [9.17, 15) is 9.59 Å². The van der Waals surface area contributed by atoms with Gasteiger partial charge in [0.15, 0.2) is 0 Å². The number of carboxylic acids is 1. The molecule has 5 nitrogen and oxygen atoms in total. The van der Waals surface area contributed by atoms with Crippen LogP contribution < -0.4 is 5.32 Å². The summed E-state index contributed by atoms with van der Waals surface area (Å²) in [4.78, 5) is 23.5. The molecule has 1 fully saturated rings. The average Bonchev–Trinajstić information content (AvgIpc) is 2.51. The van der Waals surface area contributed by atoms with Crippen LogP contribution in [0.15, 0.2) is 0 Å². The Balaban J connectivity index is 2.27. The number of aliphatic carboxylic acids is 1. The molecule has 1 amide bonds. The third-order valence-corrected chi connectivity index (χ3v) is 2.48. The summed E-state index contributed by atoms with van der Waals surface area (Å²) in [5.74, 6) is -0.560. The lowest BCUT2D eigenvalue weighted by Crippen LogP contribution is -2.34. The van der Waals surface area contributed by atoms with Gasteiger partial charge < -0.3 is 10.4 Å². The van der Waals surface area contributed by atoms with Gasteiger partial charge in [0.25, 0.3) is 0 Å². The second-order valence-electron chi connectivity index (χ2n) is 3.66. The second-order valence-corrected chi connectivity index (χ2v) is 3.66. The van der Waals surface area contributed by atoms with E-state index in [1.165, 1.54) is 0 Å². The van der Waals surface area contributed by atoms with Crippen molar-refractivity contribution in [1.82, 2.24) is 10.2 Å². The van der Waals surface area contributed by atoms with Crippen molar-refractivity contribution >= 4 is 11.9 Å². The van der Waals surface area contributed by atoms with Crippen molar-refractivity contribution in [2.24, 2.45) is 5.92 Å². The number of nitrogens with one attached hydrogen (secondary N) is 1. The van der Waals surface area contributed by atoms with E-state index in [-0.39, 0.29) is 18.2 Å². The van der Waals surface area contributed by atoms with Crippen molar-refractivity contribution in [3.05, 3.63) is 0 Å². The fraction of sp³-hybridized carbons (Fsp3) is 0.778. The van der Waals surface area contributed by atoms with E-state index in [0.717, 1.165) is 19.5 Å². The molecule has 0 aromatic heterocycles. The van der Waals surface area contributed by atoms with E-state index in [0.29, 0.717) is 6.54 Å². The van der Waals surface area contributed by atoms with Gasteiger partial charge in [-0.1, -0.05) is 0 Å². The topological polar surface area (TPSA) is 69.6 Å². The van der Waals surface area contributed by atoms with E-state index < -0.39 is 5.97 Å². The third-order valence-electron chi connectivity index (χ3n) is 2.48. The number of carbonyl (C=O) groups is 2. The van der Waals surface area contributed by atoms with Crippen LogP contribution in [0.25, 0.3) is 0 Å². The first kappa shape index (κ1) is 11.0. The Morgan fingerprint density at radius 1 is 1.57 bits per heavy atom. The Bertz CT molecular complexity index is 230. The first-order valence-corrected chi connectivity index (χ1v) is 4.76. The van der Waals surface area contributed by atoms with E-state index in [1.807, 2.05) is 4.90 Å². The number of nitrogens with zero attached hydrogens (tertiary/aromatic N) is 1. The van der Waals surface area contributed by atoms with E-state index in [1.54, 1.807) is 7.05 Å². The van der Waals surface area contributed by atoms with Crippen molar-refractivity contribution in [2.75, 3.05) is 26.7 Å². The van der Waals surface area contributed by atoms with E-state index in [4.69, 9.17) is 5.11 Å². The lowest BCUT2D eigenvalue weighted by molar-refractivity contribution is -0.138. The zero-order valence-corrected chi connectivity index (χ0v) is 8.32. The first-order chi connectivity index (χ1) is 6.61. The molecule has 0 aliphatic carbocycles. The highest BCUT2D eigenvalue weighted by Crippen LogP contribution is 2.18. The maximum atomic E-state index is 11.0. The largest absolute Gasteiger partial charge is 0.481 e. The van der Waals surface area contributed by atoms with Crippen molar-refractivity contribution in [3.8, 4) is 0 Å². The Morgan fingerprint density at radius 3 is 2.86 bits per heavy atom. The van der Waals surface area contributed by atoms with Gasteiger partial charge >= 0.3 is 5.97 Å². The normalized spacial score (nSPS) is 22.2. The van der Waals surface area contributed by atoms with Crippen LogP contribution in [-0.2, 0) is 9.59 Å². The maximum absolute atomic E-state index is 11.0. The number of rotatable bonds is 4. The molecular weight excluding hydrogens is 184 g/mol. The van der Waals surface area contributed by atoms with Gasteiger partial charge in [-0.3, -0.25) is 14.5 Å². The third kappa shape index (κ3) is 3.33. The molecule has 1 aliphatic heterocycles. The molecule has 0 bridgehead atoms.